The van der Waals surface area contributed by atoms with E-state index in [1.165, 1.54) is 0 Å². The lowest BCUT2D eigenvalue weighted by molar-refractivity contribution is 0.145. The molecule has 100 valence electrons. The largest absolute Gasteiger partial charge is 0.391 e. The van der Waals surface area contributed by atoms with Crippen molar-refractivity contribution in [1.29, 1.82) is 0 Å². The third kappa shape index (κ3) is 4.14. The first-order chi connectivity index (χ1) is 9.06. The van der Waals surface area contributed by atoms with Crippen LogP contribution in [0.25, 0.3) is 0 Å². The van der Waals surface area contributed by atoms with Gasteiger partial charge in [0, 0.05) is 15.4 Å². The Hall–Kier alpha value is -0.680. The van der Waals surface area contributed by atoms with E-state index in [1.54, 1.807) is 0 Å². The minimum absolute atomic E-state index is 0.408. The van der Waals surface area contributed by atoms with Crippen LogP contribution in [0.2, 0.25) is 0 Å². The smallest absolute Gasteiger partial charge is 0.0773 e. The molecule has 0 aliphatic carbocycles. The van der Waals surface area contributed by atoms with Crippen molar-refractivity contribution in [3.05, 3.63) is 68.6 Å². The quantitative estimate of drug-likeness (QED) is 0.841. The Morgan fingerprint density at radius 2 is 1.58 bits per heavy atom. The Kier molecular flexibility index (Phi) is 5.16. The van der Waals surface area contributed by atoms with Crippen LogP contribution >= 0.6 is 31.9 Å². The number of hydrogen-bond donors (Lipinski definition) is 2. The zero-order valence-corrected chi connectivity index (χ0v) is 13.4. The molecule has 0 unspecified atom stereocenters. The van der Waals surface area contributed by atoms with E-state index in [9.17, 15) is 5.11 Å². The van der Waals surface area contributed by atoms with Crippen LogP contribution < -0.4 is 5.73 Å². The van der Waals surface area contributed by atoms with Gasteiger partial charge in [-0.1, -0.05) is 62.2 Å². The average molecular weight is 385 g/mol. The van der Waals surface area contributed by atoms with E-state index in [2.05, 4.69) is 31.9 Å². The van der Waals surface area contributed by atoms with Crippen molar-refractivity contribution in [1.82, 2.24) is 0 Å². The highest BCUT2D eigenvalue weighted by Gasteiger charge is 2.18. The Labute approximate surface area is 129 Å². The molecule has 0 bridgehead atoms. The summed E-state index contributed by atoms with van der Waals surface area (Å²) in [4.78, 5) is 0. The molecule has 0 spiro atoms. The van der Waals surface area contributed by atoms with Gasteiger partial charge in [0.1, 0.15) is 0 Å². The molecule has 0 amide bonds. The van der Waals surface area contributed by atoms with Gasteiger partial charge in [-0.15, -0.1) is 0 Å². The van der Waals surface area contributed by atoms with Gasteiger partial charge in [-0.2, -0.15) is 0 Å². The van der Waals surface area contributed by atoms with Crippen molar-refractivity contribution in [2.75, 3.05) is 0 Å². The van der Waals surface area contributed by atoms with E-state index < -0.39 is 12.1 Å². The lowest BCUT2D eigenvalue weighted by atomic mass is 9.97. The highest BCUT2D eigenvalue weighted by atomic mass is 79.9. The lowest BCUT2D eigenvalue weighted by Crippen LogP contribution is -2.28. The molecule has 0 aromatic heterocycles. The molecule has 0 fully saturated rings. The second kappa shape index (κ2) is 6.66. The molecule has 2 aromatic carbocycles. The first-order valence-corrected chi connectivity index (χ1v) is 7.58. The Bertz CT molecular complexity index is 525. The van der Waals surface area contributed by atoms with Crippen molar-refractivity contribution in [3.63, 3.8) is 0 Å². The fourth-order valence-corrected chi connectivity index (χ4v) is 3.30. The molecule has 2 rings (SSSR count). The highest BCUT2D eigenvalue weighted by molar-refractivity contribution is 9.11. The van der Waals surface area contributed by atoms with E-state index in [0.717, 1.165) is 20.1 Å². The van der Waals surface area contributed by atoms with E-state index in [0.29, 0.717) is 6.42 Å². The minimum Gasteiger partial charge on any atom is -0.391 e. The number of benzene rings is 2. The standard InChI is InChI=1S/C15H15Br2NO/c16-12-7-11(8-13(17)9-12)15(18)14(19)6-10-4-2-1-3-5-10/h1-5,7-9,14-15,19H,6,18H2/t14-,15+/m0/s1. The van der Waals surface area contributed by atoms with Gasteiger partial charge in [0.15, 0.2) is 0 Å². The molecule has 0 heterocycles. The summed E-state index contributed by atoms with van der Waals surface area (Å²) in [5, 5.41) is 10.3. The van der Waals surface area contributed by atoms with Crippen LogP contribution in [0.1, 0.15) is 17.2 Å². The predicted molar refractivity (Wildman–Crippen MR) is 84.9 cm³/mol. The van der Waals surface area contributed by atoms with Gasteiger partial charge in [0.25, 0.3) is 0 Å². The van der Waals surface area contributed by atoms with Gasteiger partial charge in [0.05, 0.1) is 12.1 Å². The maximum atomic E-state index is 10.3. The first kappa shape index (κ1) is 14.7. The maximum Gasteiger partial charge on any atom is 0.0773 e. The highest BCUT2D eigenvalue weighted by Crippen LogP contribution is 2.25. The lowest BCUT2D eigenvalue weighted by Gasteiger charge is -2.20. The molecule has 0 aliphatic heterocycles. The number of hydrogen-bond acceptors (Lipinski definition) is 2. The van der Waals surface area contributed by atoms with Crippen molar-refractivity contribution >= 4 is 31.9 Å². The Morgan fingerprint density at radius 1 is 1.00 bits per heavy atom. The van der Waals surface area contributed by atoms with Crippen LogP contribution in [0.4, 0.5) is 0 Å². The molecule has 19 heavy (non-hydrogen) atoms. The molecule has 3 N–H and O–H groups in total. The minimum atomic E-state index is -0.608. The van der Waals surface area contributed by atoms with Gasteiger partial charge in [0.2, 0.25) is 0 Å². The summed E-state index contributed by atoms with van der Waals surface area (Å²) in [7, 11) is 0. The van der Waals surface area contributed by atoms with Gasteiger partial charge >= 0.3 is 0 Å². The van der Waals surface area contributed by atoms with Crippen molar-refractivity contribution < 1.29 is 5.11 Å². The summed E-state index contributed by atoms with van der Waals surface area (Å²) < 4.78 is 1.89. The fraction of sp³-hybridized carbons (Fsp3) is 0.200. The zero-order valence-electron chi connectivity index (χ0n) is 10.3. The summed E-state index contributed by atoms with van der Waals surface area (Å²) in [5.41, 5.74) is 8.12. The molecule has 2 nitrogen and oxygen atoms in total. The van der Waals surface area contributed by atoms with Crippen LogP contribution in [-0.2, 0) is 6.42 Å². The molecule has 4 heteroatoms. The van der Waals surface area contributed by atoms with Crippen LogP contribution in [0, 0.1) is 0 Å². The third-order valence-corrected chi connectivity index (χ3v) is 3.89. The van der Waals surface area contributed by atoms with Crippen LogP contribution in [0.15, 0.2) is 57.5 Å². The Balaban J connectivity index is 2.12. The molecular weight excluding hydrogens is 370 g/mol. The Morgan fingerprint density at radius 3 is 2.16 bits per heavy atom. The normalized spacial score (nSPS) is 14.1. The summed E-state index contributed by atoms with van der Waals surface area (Å²) >= 11 is 6.86. The number of nitrogens with two attached hydrogens (primary N) is 1. The van der Waals surface area contributed by atoms with Crippen molar-refractivity contribution in [2.24, 2.45) is 5.73 Å². The molecule has 0 radical (unpaired) electrons. The monoisotopic (exact) mass is 383 g/mol. The topological polar surface area (TPSA) is 46.2 Å². The molecule has 2 atom stereocenters. The molecule has 0 aliphatic rings. The van der Waals surface area contributed by atoms with Crippen molar-refractivity contribution in [2.45, 2.75) is 18.6 Å². The molecule has 0 saturated heterocycles. The number of halogens is 2. The summed E-state index contributed by atoms with van der Waals surface area (Å²) in [6.07, 6.45) is -0.0600. The van der Waals surface area contributed by atoms with Crippen LogP contribution in [0.3, 0.4) is 0 Å². The van der Waals surface area contributed by atoms with Gasteiger partial charge in [-0.3, -0.25) is 0 Å². The second-order valence-electron chi connectivity index (χ2n) is 4.49. The molecular formula is C15H15Br2NO. The van der Waals surface area contributed by atoms with Gasteiger partial charge in [-0.05, 0) is 29.3 Å². The van der Waals surface area contributed by atoms with E-state index in [-0.39, 0.29) is 0 Å². The summed E-state index contributed by atoms with van der Waals surface area (Å²) in [5.74, 6) is 0. The third-order valence-electron chi connectivity index (χ3n) is 2.97. The van der Waals surface area contributed by atoms with E-state index in [1.807, 2.05) is 48.5 Å². The molecule has 2 aromatic rings. The van der Waals surface area contributed by atoms with E-state index in [4.69, 9.17) is 5.73 Å². The average Bonchev–Trinajstić information content (AvgIpc) is 2.37. The van der Waals surface area contributed by atoms with Gasteiger partial charge in [-0.25, -0.2) is 0 Å². The summed E-state index contributed by atoms with van der Waals surface area (Å²) in [6.45, 7) is 0. The van der Waals surface area contributed by atoms with Crippen LogP contribution in [0.5, 0.6) is 0 Å². The first-order valence-electron chi connectivity index (χ1n) is 6.00. The van der Waals surface area contributed by atoms with E-state index >= 15 is 0 Å². The zero-order chi connectivity index (χ0) is 13.8. The predicted octanol–water partition coefficient (Wildman–Crippen LogP) is 3.82. The van der Waals surface area contributed by atoms with Crippen molar-refractivity contribution in [3.8, 4) is 0 Å². The SMILES string of the molecule is N[C@H](c1cc(Br)cc(Br)c1)[C@@H](O)Cc1ccccc1. The second-order valence-corrected chi connectivity index (χ2v) is 6.32. The number of aliphatic hydroxyl groups is 1. The van der Waals surface area contributed by atoms with Crippen LogP contribution in [-0.4, -0.2) is 11.2 Å². The number of rotatable bonds is 4. The number of aliphatic hydroxyl groups excluding tert-OH is 1. The maximum absolute atomic E-state index is 10.3. The van der Waals surface area contributed by atoms with Gasteiger partial charge < -0.3 is 10.8 Å². The fourth-order valence-electron chi connectivity index (χ4n) is 1.97. The molecule has 0 saturated carbocycles. The summed E-state index contributed by atoms with van der Waals surface area (Å²) in [6, 6.07) is 15.3.